The molecule has 27 heavy (non-hydrogen) atoms. The van der Waals surface area contributed by atoms with Crippen molar-refractivity contribution in [3.05, 3.63) is 33.8 Å². The predicted molar refractivity (Wildman–Crippen MR) is 104 cm³/mol. The predicted octanol–water partition coefficient (Wildman–Crippen LogP) is 3.67. The first-order valence-electron chi connectivity index (χ1n) is 9.13. The summed E-state index contributed by atoms with van der Waals surface area (Å²) < 4.78 is 0. The summed E-state index contributed by atoms with van der Waals surface area (Å²) in [6.45, 7) is 3.45. The van der Waals surface area contributed by atoms with Crippen molar-refractivity contribution < 1.29 is 14.4 Å². The zero-order valence-corrected chi connectivity index (χ0v) is 16.9. The van der Waals surface area contributed by atoms with Gasteiger partial charge in [0.15, 0.2) is 0 Å². The summed E-state index contributed by atoms with van der Waals surface area (Å²) >= 11 is 12.1. The van der Waals surface area contributed by atoms with E-state index in [1.54, 1.807) is 25.1 Å². The van der Waals surface area contributed by atoms with E-state index >= 15 is 0 Å². The van der Waals surface area contributed by atoms with Crippen LogP contribution in [0.25, 0.3) is 0 Å². The third-order valence-electron chi connectivity index (χ3n) is 5.61. The van der Waals surface area contributed by atoms with E-state index < -0.39 is 17.5 Å². The van der Waals surface area contributed by atoms with Gasteiger partial charge in [0, 0.05) is 10.0 Å². The van der Waals surface area contributed by atoms with Crippen molar-refractivity contribution in [1.29, 1.82) is 0 Å². The van der Waals surface area contributed by atoms with Gasteiger partial charge in [-0.1, -0.05) is 49.0 Å². The molecule has 0 bridgehead atoms. The molecule has 2 fully saturated rings. The third-order valence-corrected chi connectivity index (χ3v) is 6.17. The van der Waals surface area contributed by atoms with Crippen molar-refractivity contribution in [2.24, 2.45) is 5.92 Å². The molecular formula is C19H23Cl2N3O3. The van der Waals surface area contributed by atoms with Gasteiger partial charge in [-0.15, -0.1) is 0 Å². The molecule has 1 aliphatic heterocycles. The summed E-state index contributed by atoms with van der Waals surface area (Å²) in [5.74, 6) is -0.660. The molecule has 146 valence electrons. The lowest BCUT2D eigenvalue weighted by Crippen LogP contribution is -2.54. The molecule has 1 aromatic rings. The summed E-state index contributed by atoms with van der Waals surface area (Å²) in [5.41, 5.74) is -0.148. The minimum atomic E-state index is -0.860. The molecule has 1 heterocycles. The van der Waals surface area contributed by atoms with Crippen molar-refractivity contribution >= 4 is 41.0 Å². The van der Waals surface area contributed by atoms with Crippen LogP contribution in [0, 0.1) is 5.92 Å². The molecular weight excluding hydrogens is 389 g/mol. The quantitative estimate of drug-likeness (QED) is 0.741. The molecule has 0 unspecified atom stereocenters. The lowest BCUT2D eigenvalue weighted by Gasteiger charge is -2.36. The number of urea groups is 1. The Morgan fingerprint density at radius 1 is 1.37 bits per heavy atom. The normalized spacial score (nSPS) is 26.2. The molecule has 8 heteroatoms. The van der Waals surface area contributed by atoms with E-state index in [1.165, 1.54) is 0 Å². The molecule has 3 rings (SSSR count). The Kier molecular flexibility index (Phi) is 5.68. The first-order chi connectivity index (χ1) is 12.7. The lowest BCUT2D eigenvalue weighted by atomic mass is 9.73. The van der Waals surface area contributed by atoms with E-state index in [4.69, 9.17) is 23.2 Å². The Balaban J connectivity index is 1.67. The average Bonchev–Trinajstić information content (AvgIpc) is 2.82. The van der Waals surface area contributed by atoms with E-state index in [9.17, 15) is 14.4 Å². The number of carbonyl (C=O) groups is 3. The van der Waals surface area contributed by atoms with E-state index in [0.29, 0.717) is 22.0 Å². The molecule has 0 aromatic heterocycles. The van der Waals surface area contributed by atoms with Crippen molar-refractivity contribution in [2.75, 3.05) is 6.54 Å². The minimum Gasteiger partial charge on any atom is -0.348 e. The maximum absolute atomic E-state index is 12.9. The van der Waals surface area contributed by atoms with Crippen molar-refractivity contribution in [3.63, 3.8) is 0 Å². The van der Waals surface area contributed by atoms with Gasteiger partial charge in [0.05, 0.1) is 6.04 Å². The zero-order valence-electron chi connectivity index (χ0n) is 15.4. The van der Waals surface area contributed by atoms with Crippen LogP contribution < -0.4 is 10.6 Å². The fraction of sp³-hybridized carbons (Fsp3) is 0.526. The van der Waals surface area contributed by atoms with Crippen LogP contribution in [0.4, 0.5) is 4.79 Å². The molecule has 1 aromatic carbocycles. The van der Waals surface area contributed by atoms with Crippen LogP contribution in [0.1, 0.15) is 51.1 Å². The highest BCUT2D eigenvalue weighted by Gasteiger charge is 2.55. The van der Waals surface area contributed by atoms with Crippen LogP contribution in [0.2, 0.25) is 10.0 Å². The number of hydrogen-bond donors (Lipinski definition) is 2. The summed E-state index contributed by atoms with van der Waals surface area (Å²) in [5, 5.41) is 6.59. The Hall–Kier alpha value is -1.79. The molecule has 6 nitrogen and oxygen atoms in total. The van der Waals surface area contributed by atoms with Crippen molar-refractivity contribution in [1.82, 2.24) is 15.5 Å². The van der Waals surface area contributed by atoms with Gasteiger partial charge in [0.25, 0.3) is 5.91 Å². The highest BCUT2D eigenvalue weighted by atomic mass is 35.5. The standard InChI is InChI=1S/C19H23Cl2N3O3/c1-11-5-3-4-8-19(11)17(26)24(18(27)23-19)10-16(25)22-12(2)14-7-6-13(20)9-15(14)21/h6-7,9,11-12H,3-5,8,10H2,1-2H3,(H,22,25)(H,23,27)/t11-,12-,19+/m0/s1. The fourth-order valence-corrected chi connectivity index (χ4v) is 4.57. The second kappa shape index (κ2) is 7.68. The number of carbonyl (C=O) groups excluding carboxylic acids is 3. The summed E-state index contributed by atoms with van der Waals surface area (Å²) in [6, 6.07) is 4.15. The van der Waals surface area contributed by atoms with Gasteiger partial charge in [-0.3, -0.25) is 14.5 Å². The van der Waals surface area contributed by atoms with E-state index in [2.05, 4.69) is 10.6 Å². The Morgan fingerprint density at radius 3 is 2.78 bits per heavy atom. The molecule has 4 amide bonds. The minimum absolute atomic E-state index is 0.0579. The number of imide groups is 1. The van der Waals surface area contributed by atoms with Crippen LogP contribution in [0.5, 0.6) is 0 Å². The molecule has 3 atom stereocenters. The van der Waals surface area contributed by atoms with Gasteiger partial charge in [0.2, 0.25) is 5.91 Å². The molecule has 0 radical (unpaired) electrons. The van der Waals surface area contributed by atoms with Gasteiger partial charge in [-0.05, 0) is 43.4 Å². The monoisotopic (exact) mass is 411 g/mol. The number of nitrogens with zero attached hydrogens (tertiary/aromatic N) is 1. The Labute approximate surface area is 168 Å². The van der Waals surface area contributed by atoms with Gasteiger partial charge < -0.3 is 10.6 Å². The van der Waals surface area contributed by atoms with E-state index in [1.807, 2.05) is 6.92 Å². The molecule has 2 N–H and O–H groups in total. The third kappa shape index (κ3) is 3.78. The second-order valence-corrected chi connectivity index (χ2v) is 8.24. The van der Waals surface area contributed by atoms with E-state index in [-0.39, 0.29) is 24.4 Å². The van der Waals surface area contributed by atoms with Gasteiger partial charge in [-0.2, -0.15) is 0 Å². The topological polar surface area (TPSA) is 78.5 Å². The second-order valence-electron chi connectivity index (χ2n) is 7.39. The number of rotatable bonds is 4. The first-order valence-corrected chi connectivity index (χ1v) is 9.88. The molecule has 1 aliphatic carbocycles. The Morgan fingerprint density at radius 2 is 2.11 bits per heavy atom. The van der Waals surface area contributed by atoms with Crippen LogP contribution in [-0.2, 0) is 9.59 Å². The average molecular weight is 412 g/mol. The number of nitrogens with one attached hydrogen (secondary N) is 2. The van der Waals surface area contributed by atoms with Gasteiger partial charge in [0.1, 0.15) is 12.1 Å². The number of hydrogen-bond acceptors (Lipinski definition) is 3. The van der Waals surface area contributed by atoms with Crippen molar-refractivity contribution in [2.45, 2.75) is 51.1 Å². The largest absolute Gasteiger partial charge is 0.348 e. The maximum atomic E-state index is 12.9. The summed E-state index contributed by atoms with van der Waals surface area (Å²) in [6.07, 6.45) is 3.44. The summed E-state index contributed by atoms with van der Waals surface area (Å²) in [4.78, 5) is 38.7. The van der Waals surface area contributed by atoms with Crippen LogP contribution in [-0.4, -0.2) is 34.8 Å². The number of halogens is 2. The van der Waals surface area contributed by atoms with Crippen LogP contribution >= 0.6 is 23.2 Å². The van der Waals surface area contributed by atoms with Crippen LogP contribution in [0.3, 0.4) is 0 Å². The highest BCUT2D eigenvalue weighted by Crippen LogP contribution is 2.38. The Bertz CT molecular complexity index is 785. The van der Waals surface area contributed by atoms with Crippen LogP contribution in [0.15, 0.2) is 18.2 Å². The number of benzene rings is 1. The zero-order chi connectivity index (χ0) is 19.8. The maximum Gasteiger partial charge on any atom is 0.325 e. The molecule has 1 saturated heterocycles. The van der Waals surface area contributed by atoms with Gasteiger partial charge in [-0.25, -0.2) is 4.79 Å². The smallest absolute Gasteiger partial charge is 0.325 e. The highest BCUT2D eigenvalue weighted by molar-refractivity contribution is 6.35. The first kappa shape index (κ1) is 20.0. The van der Waals surface area contributed by atoms with E-state index in [0.717, 1.165) is 24.2 Å². The number of amides is 4. The molecule has 2 aliphatic rings. The van der Waals surface area contributed by atoms with Gasteiger partial charge >= 0.3 is 6.03 Å². The molecule has 1 saturated carbocycles. The van der Waals surface area contributed by atoms with Crippen molar-refractivity contribution in [3.8, 4) is 0 Å². The fourth-order valence-electron chi connectivity index (χ4n) is 4.00. The SMILES string of the molecule is C[C@H](NC(=O)CN1C(=O)N[C@@]2(CCCC[C@@H]2C)C1=O)c1ccc(Cl)cc1Cl. The molecule has 1 spiro atoms. The lowest BCUT2D eigenvalue weighted by molar-refractivity contribution is -0.137. The summed E-state index contributed by atoms with van der Waals surface area (Å²) in [7, 11) is 0.